The average molecular weight is 293 g/mol. The maximum atomic E-state index is 12.1. The predicted octanol–water partition coefficient (Wildman–Crippen LogP) is 2.16. The molecule has 1 aliphatic heterocycles. The number of nitrogens with zero attached hydrogens (tertiary/aromatic N) is 3. The van der Waals surface area contributed by atoms with Crippen molar-refractivity contribution >= 4 is 11.7 Å². The van der Waals surface area contributed by atoms with Gasteiger partial charge in [0.1, 0.15) is 6.20 Å². The first-order valence-electron chi connectivity index (χ1n) is 7.18. The van der Waals surface area contributed by atoms with Crippen LogP contribution < -0.4 is 4.74 Å². The van der Waals surface area contributed by atoms with Gasteiger partial charge in [-0.2, -0.15) is 0 Å². The molecule has 7 nitrogen and oxygen atoms in total. The van der Waals surface area contributed by atoms with Gasteiger partial charge in [-0.05, 0) is 34.9 Å². The van der Waals surface area contributed by atoms with Gasteiger partial charge in [0.2, 0.25) is 5.75 Å². The summed E-state index contributed by atoms with van der Waals surface area (Å²) in [6.07, 6.45) is 6.82. The van der Waals surface area contributed by atoms with Crippen molar-refractivity contribution in [2.75, 3.05) is 19.7 Å². The van der Waals surface area contributed by atoms with Crippen LogP contribution in [0, 0.1) is 10.1 Å². The molecule has 1 saturated heterocycles. The Hall–Kier alpha value is -2.18. The monoisotopic (exact) mass is 293 g/mol. The van der Waals surface area contributed by atoms with Gasteiger partial charge < -0.3 is 19.8 Å². The minimum Gasteiger partial charge on any atom is -0.476 e. The van der Waals surface area contributed by atoms with Gasteiger partial charge in [0.25, 0.3) is 5.91 Å². The molecule has 21 heavy (non-hydrogen) atoms. The van der Waals surface area contributed by atoms with E-state index >= 15 is 0 Å². The number of pyridine rings is 1. The van der Waals surface area contributed by atoms with E-state index in [2.05, 4.69) is 4.98 Å². The summed E-state index contributed by atoms with van der Waals surface area (Å²) in [6, 6.07) is 2.99. The Balaban J connectivity index is 1.92. The van der Waals surface area contributed by atoms with Crippen LogP contribution in [-0.2, 0) is 4.79 Å². The largest absolute Gasteiger partial charge is 0.476 e. The van der Waals surface area contributed by atoms with Crippen molar-refractivity contribution in [3.05, 3.63) is 28.4 Å². The van der Waals surface area contributed by atoms with Crippen LogP contribution in [0.25, 0.3) is 0 Å². The second-order valence-corrected chi connectivity index (χ2v) is 5.02. The summed E-state index contributed by atoms with van der Waals surface area (Å²) >= 11 is 0. The Morgan fingerprint density at radius 2 is 1.95 bits per heavy atom. The van der Waals surface area contributed by atoms with E-state index in [1.807, 2.05) is 0 Å². The molecule has 1 fully saturated rings. The number of carbonyl (C=O) groups is 1. The quantitative estimate of drug-likeness (QED) is 0.627. The Labute approximate surface area is 123 Å². The van der Waals surface area contributed by atoms with Crippen molar-refractivity contribution < 1.29 is 14.5 Å². The molecule has 1 aromatic heterocycles. The molecule has 0 atom stereocenters. The number of rotatable bonds is 4. The van der Waals surface area contributed by atoms with Gasteiger partial charge in [-0.3, -0.25) is 4.79 Å². The highest BCUT2D eigenvalue weighted by Crippen LogP contribution is 2.22. The fraction of sp³-hybridized carbons (Fsp3) is 0.571. The van der Waals surface area contributed by atoms with Gasteiger partial charge >= 0.3 is 5.82 Å². The van der Waals surface area contributed by atoms with Crippen LogP contribution >= 0.6 is 0 Å². The normalized spacial score (nSPS) is 15.9. The average Bonchev–Trinajstić information content (AvgIpc) is 2.44. The van der Waals surface area contributed by atoms with Crippen LogP contribution in [0.1, 0.15) is 32.1 Å². The molecule has 0 aliphatic carbocycles. The molecular weight excluding hydrogens is 274 g/mol. The molecule has 1 aromatic rings. The van der Waals surface area contributed by atoms with Crippen molar-refractivity contribution in [1.29, 1.82) is 0 Å². The van der Waals surface area contributed by atoms with Crippen molar-refractivity contribution in [2.45, 2.75) is 32.1 Å². The van der Waals surface area contributed by atoms with E-state index in [-0.39, 0.29) is 24.1 Å². The fourth-order valence-corrected chi connectivity index (χ4v) is 2.36. The Morgan fingerprint density at radius 1 is 1.29 bits per heavy atom. The van der Waals surface area contributed by atoms with Crippen LogP contribution in [0.3, 0.4) is 0 Å². The molecule has 0 N–H and O–H groups in total. The van der Waals surface area contributed by atoms with E-state index in [0.29, 0.717) is 0 Å². The van der Waals surface area contributed by atoms with Crippen LogP contribution in [0.15, 0.2) is 18.3 Å². The Bertz CT molecular complexity index is 499. The maximum absolute atomic E-state index is 12.1. The number of nitro groups is 1. The summed E-state index contributed by atoms with van der Waals surface area (Å²) in [5.41, 5.74) is 0. The molecular formula is C14H19N3O4. The second kappa shape index (κ2) is 7.56. The minimum absolute atomic E-state index is 0.0305. The summed E-state index contributed by atoms with van der Waals surface area (Å²) in [5.74, 6) is -0.462. The molecule has 1 amide bonds. The number of amides is 1. The molecule has 2 heterocycles. The molecule has 0 radical (unpaired) electrons. The number of ether oxygens (including phenoxy) is 1. The van der Waals surface area contributed by atoms with Crippen molar-refractivity contribution in [3.63, 3.8) is 0 Å². The third kappa shape index (κ3) is 4.40. The lowest BCUT2D eigenvalue weighted by Gasteiger charge is -2.24. The summed E-state index contributed by atoms with van der Waals surface area (Å²) in [5, 5.41) is 10.8. The first-order valence-corrected chi connectivity index (χ1v) is 7.18. The van der Waals surface area contributed by atoms with E-state index in [9.17, 15) is 14.9 Å². The summed E-state index contributed by atoms with van der Waals surface area (Å²) in [6.45, 7) is 1.28. The molecule has 0 spiro atoms. The van der Waals surface area contributed by atoms with Gasteiger partial charge in [0.15, 0.2) is 6.61 Å². The summed E-state index contributed by atoms with van der Waals surface area (Å²) < 4.78 is 5.29. The van der Waals surface area contributed by atoms with E-state index in [1.165, 1.54) is 18.7 Å². The number of likely N-dealkylation sites (tertiary alicyclic amines) is 1. The van der Waals surface area contributed by atoms with Gasteiger partial charge in [-0.1, -0.05) is 19.3 Å². The number of hydrogen-bond acceptors (Lipinski definition) is 5. The highest BCUT2D eigenvalue weighted by Gasteiger charge is 2.19. The van der Waals surface area contributed by atoms with Crippen LogP contribution in [0.4, 0.5) is 5.82 Å². The molecule has 0 unspecified atom stereocenters. The highest BCUT2D eigenvalue weighted by molar-refractivity contribution is 5.77. The lowest BCUT2D eigenvalue weighted by Crippen LogP contribution is -2.37. The first kappa shape index (κ1) is 15.2. The highest BCUT2D eigenvalue weighted by atomic mass is 16.6. The zero-order valence-corrected chi connectivity index (χ0v) is 11.9. The predicted molar refractivity (Wildman–Crippen MR) is 76.1 cm³/mol. The first-order chi connectivity index (χ1) is 10.2. The van der Waals surface area contributed by atoms with Gasteiger partial charge in [0.05, 0.1) is 0 Å². The second-order valence-electron chi connectivity index (χ2n) is 5.02. The van der Waals surface area contributed by atoms with Crippen molar-refractivity contribution in [2.24, 2.45) is 0 Å². The fourth-order valence-electron chi connectivity index (χ4n) is 2.36. The summed E-state index contributed by atoms with van der Waals surface area (Å²) in [4.78, 5) is 27.8. The van der Waals surface area contributed by atoms with E-state index < -0.39 is 4.92 Å². The molecule has 114 valence electrons. The Morgan fingerprint density at radius 3 is 2.62 bits per heavy atom. The lowest BCUT2D eigenvalue weighted by molar-refractivity contribution is -0.390. The third-order valence-corrected chi connectivity index (χ3v) is 3.48. The lowest BCUT2D eigenvalue weighted by atomic mass is 10.1. The summed E-state index contributed by atoms with van der Waals surface area (Å²) in [7, 11) is 0. The minimum atomic E-state index is -0.615. The topological polar surface area (TPSA) is 85.6 Å². The number of aromatic nitrogens is 1. The Kier molecular flexibility index (Phi) is 5.48. The van der Waals surface area contributed by atoms with E-state index in [0.717, 1.165) is 38.8 Å². The van der Waals surface area contributed by atoms with Gasteiger partial charge in [-0.25, -0.2) is 0 Å². The molecule has 1 aliphatic rings. The van der Waals surface area contributed by atoms with Crippen molar-refractivity contribution in [3.8, 4) is 5.75 Å². The van der Waals surface area contributed by atoms with Gasteiger partial charge in [-0.15, -0.1) is 0 Å². The standard InChI is InChI=1S/C14H19N3O4/c18-13(16-9-4-2-1-3-5-10-16)11-21-12-7-6-8-15-14(12)17(19)20/h6-8H,1-5,9-11H2. The number of carbonyl (C=O) groups excluding carboxylic acids is 1. The molecule has 2 rings (SSSR count). The van der Waals surface area contributed by atoms with Crippen LogP contribution in [0.5, 0.6) is 5.75 Å². The zero-order valence-electron chi connectivity index (χ0n) is 11.9. The third-order valence-electron chi connectivity index (χ3n) is 3.48. The van der Waals surface area contributed by atoms with E-state index in [1.54, 1.807) is 11.0 Å². The molecule has 0 aromatic carbocycles. The van der Waals surface area contributed by atoms with Crippen LogP contribution in [0.2, 0.25) is 0 Å². The van der Waals surface area contributed by atoms with Crippen LogP contribution in [-0.4, -0.2) is 40.4 Å². The van der Waals surface area contributed by atoms with E-state index in [4.69, 9.17) is 4.74 Å². The van der Waals surface area contributed by atoms with Gasteiger partial charge in [0, 0.05) is 13.1 Å². The smallest absolute Gasteiger partial charge is 0.406 e. The molecule has 7 heteroatoms. The number of hydrogen-bond donors (Lipinski definition) is 0. The zero-order chi connectivity index (χ0) is 15.1. The maximum Gasteiger partial charge on any atom is 0.406 e. The SMILES string of the molecule is O=C(COc1cccnc1[N+](=O)[O-])N1CCCCCCC1. The molecule has 0 saturated carbocycles. The molecule has 0 bridgehead atoms. The van der Waals surface area contributed by atoms with Crippen molar-refractivity contribution in [1.82, 2.24) is 9.88 Å².